The predicted molar refractivity (Wildman–Crippen MR) is 54.5 cm³/mol. The average molecular weight is 197 g/mol. The molecule has 1 atom stereocenters. The van der Waals surface area contributed by atoms with E-state index in [1.165, 1.54) is 12.1 Å². The fourth-order valence-corrected chi connectivity index (χ4v) is 1.33. The first-order valence-corrected chi connectivity index (χ1v) is 4.61. The van der Waals surface area contributed by atoms with E-state index in [4.69, 9.17) is 10.8 Å². The summed E-state index contributed by atoms with van der Waals surface area (Å²) in [7, 11) is 0. The number of nitrogens with two attached hydrogens (primary N) is 1. The molecule has 1 aromatic carbocycles. The molecule has 3 heteroatoms. The molecule has 0 radical (unpaired) electrons. The van der Waals surface area contributed by atoms with Crippen LogP contribution in [0.15, 0.2) is 24.3 Å². The Hall–Kier alpha value is -0.930. The van der Waals surface area contributed by atoms with Crippen molar-refractivity contribution in [2.75, 3.05) is 6.61 Å². The molecule has 1 aromatic rings. The van der Waals surface area contributed by atoms with Gasteiger partial charge in [0.1, 0.15) is 5.82 Å². The van der Waals surface area contributed by atoms with E-state index in [0.29, 0.717) is 0 Å². The summed E-state index contributed by atoms with van der Waals surface area (Å²) in [6, 6.07) is 5.93. The predicted octanol–water partition coefficient (Wildman–Crippen LogP) is 1.42. The van der Waals surface area contributed by atoms with Gasteiger partial charge in [-0.2, -0.15) is 0 Å². The fourth-order valence-electron chi connectivity index (χ4n) is 1.33. The Kier molecular flexibility index (Phi) is 3.24. The van der Waals surface area contributed by atoms with Crippen molar-refractivity contribution in [3.63, 3.8) is 0 Å². The van der Waals surface area contributed by atoms with E-state index < -0.39 is 5.41 Å². The van der Waals surface area contributed by atoms with E-state index in [1.807, 2.05) is 19.9 Å². The SMILES string of the molecule is CC(C)(c1cccc(F)c1)C(N)CO. The minimum atomic E-state index is -0.420. The Bertz CT molecular complexity index is 312. The number of benzene rings is 1. The van der Waals surface area contributed by atoms with Crippen LogP contribution in [0.2, 0.25) is 0 Å². The molecule has 0 bridgehead atoms. The van der Waals surface area contributed by atoms with Gasteiger partial charge in [0, 0.05) is 11.5 Å². The zero-order valence-corrected chi connectivity index (χ0v) is 8.50. The van der Waals surface area contributed by atoms with Gasteiger partial charge < -0.3 is 10.8 Å². The highest BCUT2D eigenvalue weighted by molar-refractivity contribution is 5.26. The summed E-state index contributed by atoms with van der Waals surface area (Å²) >= 11 is 0. The van der Waals surface area contributed by atoms with E-state index in [2.05, 4.69) is 0 Å². The van der Waals surface area contributed by atoms with Crippen LogP contribution in [0.5, 0.6) is 0 Å². The number of aliphatic hydroxyl groups excluding tert-OH is 1. The van der Waals surface area contributed by atoms with Crippen molar-refractivity contribution in [2.24, 2.45) is 5.73 Å². The first-order valence-electron chi connectivity index (χ1n) is 4.61. The molecule has 0 amide bonds. The molecule has 0 saturated heterocycles. The molecule has 1 rings (SSSR count). The van der Waals surface area contributed by atoms with Crippen molar-refractivity contribution in [1.29, 1.82) is 0 Å². The Morgan fingerprint density at radius 2 is 2.14 bits per heavy atom. The second-order valence-electron chi connectivity index (χ2n) is 4.02. The largest absolute Gasteiger partial charge is 0.395 e. The van der Waals surface area contributed by atoms with Crippen molar-refractivity contribution in [1.82, 2.24) is 0 Å². The zero-order valence-electron chi connectivity index (χ0n) is 8.50. The molecule has 0 spiro atoms. The lowest BCUT2D eigenvalue weighted by atomic mass is 9.78. The van der Waals surface area contributed by atoms with Crippen LogP contribution in [0.25, 0.3) is 0 Å². The summed E-state index contributed by atoms with van der Waals surface area (Å²) in [5, 5.41) is 8.98. The molecule has 0 aliphatic carbocycles. The zero-order chi connectivity index (χ0) is 10.8. The van der Waals surface area contributed by atoms with Gasteiger partial charge in [-0.25, -0.2) is 4.39 Å². The molecule has 14 heavy (non-hydrogen) atoms. The maximum atomic E-state index is 13.0. The quantitative estimate of drug-likeness (QED) is 0.769. The van der Waals surface area contributed by atoms with Gasteiger partial charge in [0.15, 0.2) is 0 Å². The van der Waals surface area contributed by atoms with Gasteiger partial charge in [0.2, 0.25) is 0 Å². The highest BCUT2D eigenvalue weighted by Crippen LogP contribution is 2.26. The number of aliphatic hydroxyl groups is 1. The Balaban J connectivity index is 3.03. The highest BCUT2D eigenvalue weighted by Gasteiger charge is 2.28. The van der Waals surface area contributed by atoms with Crippen LogP contribution in [0, 0.1) is 5.82 Å². The van der Waals surface area contributed by atoms with Gasteiger partial charge in [0.05, 0.1) is 6.61 Å². The molecule has 0 aliphatic rings. The van der Waals surface area contributed by atoms with Crippen LogP contribution < -0.4 is 5.73 Å². The van der Waals surface area contributed by atoms with Crippen LogP contribution in [-0.2, 0) is 5.41 Å². The van der Waals surface area contributed by atoms with Crippen LogP contribution in [0.3, 0.4) is 0 Å². The van der Waals surface area contributed by atoms with Crippen LogP contribution in [0.1, 0.15) is 19.4 Å². The minimum absolute atomic E-state index is 0.108. The Morgan fingerprint density at radius 1 is 1.50 bits per heavy atom. The maximum Gasteiger partial charge on any atom is 0.123 e. The summed E-state index contributed by atoms with van der Waals surface area (Å²) in [4.78, 5) is 0. The maximum absolute atomic E-state index is 13.0. The third-order valence-corrected chi connectivity index (χ3v) is 2.69. The van der Waals surface area contributed by atoms with Gasteiger partial charge >= 0.3 is 0 Å². The van der Waals surface area contributed by atoms with Crippen molar-refractivity contribution < 1.29 is 9.50 Å². The van der Waals surface area contributed by atoms with E-state index in [9.17, 15) is 4.39 Å². The normalized spacial score (nSPS) is 14.1. The summed E-state index contributed by atoms with van der Waals surface area (Å²) in [5.74, 6) is -0.277. The molecule has 1 unspecified atom stereocenters. The highest BCUT2D eigenvalue weighted by atomic mass is 19.1. The lowest BCUT2D eigenvalue weighted by molar-refractivity contribution is 0.220. The van der Waals surface area contributed by atoms with Crippen molar-refractivity contribution in [3.8, 4) is 0 Å². The summed E-state index contributed by atoms with van der Waals surface area (Å²) in [5.41, 5.74) is 6.15. The third-order valence-electron chi connectivity index (χ3n) is 2.69. The first-order chi connectivity index (χ1) is 6.48. The molecule has 2 nitrogen and oxygen atoms in total. The lowest BCUT2D eigenvalue weighted by Gasteiger charge is -2.30. The number of rotatable bonds is 3. The monoisotopic (exact) mass is 197 g/mol. The van der Waals surface area contributed by atoms with Crippen molar-refractivity contribution >= 4 is 0 Å². The molecule has 78 valence electrons. The van der Waals surface area contributed by atoms with E-state index in [1.54, 1.807) is 6.07 Å². The minimum Gasteiger partial charge on any atom is -0.395 e. The topological polar surface area (TPSA) is 46.2 Å². The number of hydrogen-bond donors (Lipinski definition) is 2. The summed E-state index contributed by atoms with van der Waals surface area (Å²) in [6.07, 6.45) is 0. The molecule has 0 saturated carbocycles. The van der Waals surface area contributed by atoms with Crippen LogP contribution in [-0.4, -0.2) is 17.8 Å². The van der Waals surface area contributed by atoms with Gasteiger partial charge in [0.25, 0.3) is 0 Å². The molecular formula is C11H16FNO. The van der Waals surface area contributed by atoms with E-state index >= 15 is 0 Å². The third kappa shape index (κ3) is 2.11. The molecule has 0 aromatic heterocycles. The van der Waals surface area contributed by atoms with E-state index in [-0.39, 0.29) is 18.5 Å². The van der Waals surface area contributed by atoms with Crippen LogP contribution in [0.4, 0.5) is 4.39 Å². The van der Waals surface area contributed by atoms with Gasteiger partial charge in [-0.05, 0) is 17.7 Å². The first kappa shape index (κ1) is 11.1. The molecule has 0 fully saturated rings. The molecule has 0 aliphatic heterocycles. The lowest BCUT2D eigenvalue weighted by Crippen LogP contribution is -2.43. The summed E-state index contributed by atoms with van der Waals surface area (Å²) < 4.78 is 13.0. The second-order valence-corrected chi connectivity index (χ2v) is 4.02. The second kappa shape index (κ2) is 4.07. The number of hydrogen-bond acceptors (Lipinski definition) is 2. The van der Waals surface area contributed by atoms with Crippen molar-refractivity contribution in [3.05, 3.63) is 35.6 Å². The molecule has 3 N–H and O–H groups in total. The Labute approximate surface area is 83.6 Å². The fraction of sp³-hybridized carbons (Fsp3) is 0.455. The van der Waals surface area contributed by atoms with Gasteiger partial charge in [-0.15, -0.1) is 0 Å². The Morgan fingerprint density at radius 3 is 2.64 bits per heavy atom. The summed E-state index contributed by atoms with van der Waals surface area (Å²) in [6.45, 7) is 3.68. The smallest absolute Gasteiger partial charge is 0.123 e. The number of halogens is 1. The van der Waals surface area contributed by atoms with E-state index in [0.717, 1.165) is 5.56 Å². The standard InChI is InChI=1S/C11H16FNO/c1-11(2,10(13)7-14)8-4-3-5-9(12)6-8/h3-6,10,14H,7,13H2,1-2H3. The average Bonchev–Trinajstić information content (AvgIpc) is 2.16. The molecule has 0 heterocycles. The van der Waals surface area contributed by atoms with Gasteiger partial charge in [-0.1, -0.05) is 26.0 Å². The molecular weight excluding hydrogens is 181 g/mol. The van der Waals surface area contributed by atoms with Crippen LogP contribution >= 0.6 is 0 Å². The van der Waals surface area contributed by atoms with Gasteiger partial charge in [-0.3, -0.25) is 0 Å². The van der Waals surface area contributed by atoms with Crippen molar-refractivity contribution in [2.45, 2.75) is 25.3 Å².